The number of fused-ring (bicyclic) bond motifs is 1. The SMILES string of the molecule is CC#CCn1c(N2CCC[C@@H](N)C2)nc2c1c(=O)n(CCN1CCN(C(=O)OC(C)(C)C)CC1)c(=O)n2C. The molecule has 0 saturated carbocycles. The first-order chi connectivity index (χ1) is 18.0. The quantitative estimate of drug-likeness (QED) is 0.553. The molecule has 0 radical (unpaired) electrons. The lowest BCUT2D eigenvalue weighted by Gasteiger charge is -2.35. The van der Waals surface area contributed by atoms with Gasteiger partial charge in [0.2, 0.25) is 5.95 Å². The second-order valence-electron chi connectivity index (χ2n) is 11.1. The minimum absolute atomic E-state index is 0.0329. The summed E-state index contributed by atoms with van der Waals surface area (Å²) in [6.07, 6.45) is 1.57. The number of ether oxygens (including phenoxy) is 1. The highest BCUT2D eigenvalue weighted by Gasteiger charge is 2.28. The number of aromatic nitrogens is 4. The van der Waals surface area contributed by atoms with Gasteiger partial charge in [0.25, 0.3) is 5.56 Å². The van der Waals surface area contributed by atoms with Crippen molar-refractivity contribution in [1.82, 2.24) is 28.5 Å². The number of amides is 1. The smallest absolute Gasteiger partial charge is 0.410 e. The Kier molecular flexibility index (Phi) is 8.18. The van der Waals surface area contributed by atoms with Gasteiger partial charge in [0.1, 0.15) is 5.60 Å². The molecule has 208 valence electrons. The number of hydrogen-bond donors (Lipinski definition) is 1. The third kappa shape index (κ3) is 5.89. The van der Waals surface area contributed by atoms with Crippen LogP contribution in [0.15, 0.2) is 9.59 Å². The van der Waals surface area contributed by atoms with E-state index in [1.54, 1.807) is 18.9 Å². The molecule has 12 nitrogen and oxygen atoms in total. The Morgan fingerprint density at radius 3 is 2.45 bits per heavy atom. The first-order valence-corrected chi connectivity index (χ1v) is 13.3. The molecule has 0 spiro atoms. The van der Waals surface area contributed by atoms with Gasteiger partial charge >= 0.3 is 11.8 Å². The van der Waals surface area contributed by atoms with E-state index in [4.69, 9.17) is 15.5 Å². The van der Waals surface area contributed by atoms with Crippen LogP contribution < -0.4 is 21.9 Å². The van der Waals surface area contributed by atoms with Crippen LogP contribution >= 0.6 is 0 Å². The number of carbonyl (C=O) groups is 1. The van der Waals surface area contributed by atoms with Gasteiger partial charge in [0.05, 0.1) is 6.54 Å². The lowest BCUT2D eigenvalue weighted by atomic mass is 10.1. The normalized spacial score (nSPS) is 18.9. The molecule has 0 aliphatic carbocycles. The molecule has 38 heavy (non-hydrogen) atoms. The Balaban J connectivity index is 1.57. The summed E-state index contributed by atoms with van der Waals surface area (Å²) in [5.74, 6) is 6.58. The minimum Gasteiger partial charge on any atom is -0.444 e. The topological polar surface area (TPSA) is 124 Å². The molecule has 0 unspecified atom stereocenters. The molecule has 2 aliphatic heterocycles. The maximum Gasteiger partial charge on any atom is 0.410 e. The van der Waals surface area contributed by atoms with Gasteiger partial charge in [-0.15, -0.1) is 5.92 Å². The molecule has 2 aromatic rings. The third-order valence-corrected chi connectivity index (χ3v) is 7.03. The number of piperazine rings is 1. The predicted molar refractivity (Wildman–Crippen MR) is 146 cm³/mol. The number of hydrogen-bond acceptors (Lipinski definition) is 8. The summed E-state index contributed by atoms with van der Waals surface area (Å²) >= 11 is 0. The lowest BCUT2D eigenvalue weighted by Crippen LogP contribution is -2.51. The van der Waals surface area contributed by atoms with Crippen molar-refractivity contribution < 1.29 is 9.53 Å². The fraction of sp³-hybridized carbons (Fsp3) is 0.692. The predicted octanol–water partition coefficient (Wildman–Crippen LogP) is 0.400. The number of nitrogens with zero attached hydrogens (tertiary/aromatic N) is 7. The number of piperidine rings is 1. The van der Waals surface area contributed by atoms with Crippen molar-refractivity contribution >= 4 is 23.2 Å². The monoisotopic (exact) mass is 528 g/mol. The standard InChI is InChI=1S/C26H40N8O4/c1-6-7-11-33-20-21(28-23(33)32-10-8-9-19(27)18-32)29(5)24(36)34(22(20)35)17-14-30-12-15-31(16-13-30)25(37)38-26(2,3)4/h19H,8-18,27H2,1-5H3/t19-/m1/s1. The average molecular weight is 529 g/mol. The van der Waals surface area contributed by atoms with Gasteiger partial charge in [-0.3, -0.25) is 23.4 Å². The largest absolute Gasteiger partial charge is 0.444 e. The van der Waals surface area contributed by atoms with E-state index >= 15 is 0 Å². The van der Waals surface area contributed by atoms with Crippen molar-refractivity contribution in [2.75, 3.05) is 50.7 Å². The molecule has 1 amide bonds. The Morgan fingerprint density at radius 1 is 1.11 bits per heavy atom. The molecule has 2 aromatic heterocycles. The van der Waals surface area contributed by atoms with E-state index in [9.17, 15) is 14.4 Å². The number of rotatable bonds is 5. The highest BCUT2D eigenvalue weighted by Crippen LogP contribution is 2.23. The van der Waals surface area contributed by atoms with E-state index in [1.807, 2.05) is 25.3 Å². The van der Waals surface area contributed by atoms with Crippen molar-refractivity contribution in [3.8, 4) is 11.8 Å². The van der Waals surface area contributed by atoms with E-state index in [0.29, 0.717) is 62.9 Å². The zero-order chi connectivity index (χ0) is 27.6. The summed E-state index contributed by atoms with van der Waals surface area (Å²) in [4.78, 5) is 50.0. The molecule has 12 heteroatoms. The van der Waals surface area contributed by atoms with Crippen molar-refractivity contribution in [3.05, 3.63) is 20.8 Å². The molecular weight excluding hydrogens is 488 g/mol. The van der Waals surface area contributed by atoms with Crippen LogP contribution in [0.25, 0.3) is 11.2 Å². The number of aryl methyl sites for hydroxylation is 1. The molecule has 4 rings (SSSR count). The van der Waals surface area contributed by atoms with Gasteiger partial charge in [0, 0.05) is 65.4 Å². The first kappa shape index (κ1) is 27.7. The van der Waals surface area contributed by atoms with Crippen molar-refractivity contribution in [2.45, 2.75) is 65.3 Å². The Labute approximate surface area is 222 Å². The molecular formula is C26H40N8O4. The number of anilines is 1. The van der Waals surface area contributed by atoms with Gasteiger partial charge in [0.15, 0.2) is 11.2 Å². The van der Waals surface area contributed by atoms with E-state index in [1.165, 1.54) is 9.13 Å². The summed E-state index contributed by atoms with van der Waals surface area (Å²) < 4.78 is 10.0. The molecule has 2 saturated heterocycles. The molecule has 0 aromatic carbocycles. The summed E-state index contributed by atoms with van der Waals surface area (Å²) in [7, 11) is 1.65. The van der Waals surface area contributed by atoms with E-state index < -0.39 is 11.3 Å². The van der Waals surface area contributed by atoms with Crippen LogP contribution in [-0.4, -0.2) is 92.0 Å². The fourth-order valence-electron chi connectivity index (χ4n) is 5.02. The number of nitrogens with two attached hydrogens (primary N) is 1. The van der Waals surface area contributed by atoms with Crippen LogP contribution in [0.5, 0.6) is 0 Å². The minimum atomic E-state index is -0.538. The van der Waals surface area contributed by atoms with Crippen molar-refractivity contribution in [2.24, 2.45) is 12.8 Å². The van der Waals surface area contributed by atoms with Crippen LogP contribution in [-0.2, 0) is 24.9 Å². The third-order valence-electron chi connectivity index (χ3n) is 7.03. The van der Waals surface area contributed by atoms with Crippen molar-refractivity contribution in [1.29, 1.82) is 0 Å². The average Bonchev–Trinajstić information content (AvgIpc) is 3.25. The van der Waals surface area contributed by atoms with Crippen LogP contribution in [0.4, 0.5) is 10.7 Å². The van der Waals surface area contributed by atoms with Crippen LogP contribution in [0.2, 0.25) is 0 Å². The van der Waals surface area contributed by atoms with Crippen molar-refractivity contribution in [3.63, 3.8) is 0 Å². The fourth-order valence-corrected chi connectivity index (χ4v) is 5.02. The first-order valence-electron chi connectivity index (χ1n) is 13.3. The van der Waals surface area contributed by atoms with Crippen LogP contribution in [0.3, 0.4) is 0 Å². The summed E-state index contributed by atoms with van der Waals surface area (Å²) in [5.41, 5.74) is 5.64. The van der Waals surface area contributed by atoms with Gasteiger partial charge < -0.3 is 20.3 Å². The Morgan fingerprint density at radius 2 is 1.82 bits per heavy atom. The van der Waals surface area contributed by atoms with E-state index in [2.05, 4.69) is 21.6 Å². The zero-order valence-corrected chi connectivity index (χ0v) is 23.2. The lowest BCUT2D eigenvalue weighted by molar-refractivity contribution is 0.0142. The van der Waals surface area contributed by atoms with Gasteiger partial charge in [-0.05, 0) is 40.5 Å². The highest BCUT2D eigenvalue weighted by atomic mass is 16.6. The maximum atomic E-state index is 13.7. The van der Waals surface area contributed by atoms with Gasteiger partial charge in [-0.1, -0.05) is 5.92 Å². The summed E-state index contributed by atoms with van der Waals surface area (Å²) in [5, 5.41) is 0. The molecule has 4 heterocycles. The number of imidazole rings is 1. The Hall–Kier alpha value is -3.30. The van der Waals surface area contributed by atoms with E-state index in [0.717, 1.165) is 19.4 Å². The molecule has 2 aliphatic rings. The maximum absolute atomic E-state index is 13.7. The Bertz CT molecular complexity index is 1350. The second kappa shape index (κ2) is 11.2. The summed E-state index contributed by atoms with van der Waals surface area (Å²) in [6.45, 7) is 12.1. The van der Waals surface area contributed by atoms with Crippen LogP contribution in [0, 0.1) is 11.8 Å². The molecule has 1 atom stereocenters. The molecule has 2 N–H and O–H groups in total. The van der Waals surface area contributed by atoms with Gasteiger partial charge in [-0.2, -0.15) is 4.98 Å². The second-order valence-corrected chi connectivity index (χ2v) is 11.1. The van der Waals surface area contributed by atoms with Crippen LogP contribution in [0.1, 0.15) is 40.5 Å². The summed E-state index contributed by atoms with van der Waals surface area (Å²) in [6, 6.07) is 0.0329. The number of carbonyl (C=O) groups excluding carboxylic acids is 1. The molecule has 2 fully saturated rings. The zero-order valence-electron chi connectivity index (χ0n) is 23.2. The molecule has 0 bridgehead atoms. The van der Waals surface area contributed by atoms with E-state index in [-0.39, 0.29) is 24.2 Å². The highest BCUT2D eigenvalue weighted by molar-refractivity contribution is 5.75. The van der Waals surface area contributed by atoms with Gasteiger partial charge in [-0.25, -0.2) is 9.59 Å².